The number of ether oxygens (including phenoxy) is 1. The molecule has 0 unspecified atom stereocenters. The predicted octanol–water partition coefficient (Wildman–Crippen LogP) is 5.34. The highest BCUT2D eigenvalue weighted by atomic mass is 19.4. The fourth-order valence-corrected chi connectivity index (χ4v) is 1.79. The molecule has 0 radical (unpaired) electrons. The van der Waals surface area contributed by atoms with E-state index in [1.54, 1.807) is 6.07 Å². The number of nitrogens with zero attached hydrogens (tertiary/aromatic N) is 4. The lowest BCUT2D eigenvalue weighted by atomic mass is 10.2. The maximum absolute atomic E-state index is 12.7. The highest BCUT2D eigenvalue weighted by Gasteiger charge is 2.30. The van der Waals surface area contributed by atoms with Gasteiger partial charge in [-0.05, 0) is 30.3 Å². The van der Waals surface area contributed by atoms with E-state index in [1.807, 2.05) is 0 Å². The molecule has 0 saturated carbocycles. The Balaban J connectivity index is 2.16. The van der Waals surface area contributed by atoms with Gasteiger partial charge < -0.3 is 4.74 Å². The summed E-state index contributed by atoms with van der Waals surface area (Å²) in [5.41, 5.74) is 1.23. The molecule has 0 aliphatic rings. The second-order valence-corrected chi connectivity index (χ2v) is 4.78. The average Bonchev–Trinajstić information content (AvgIpc) is 2.62. The summed E-state index contributed by atoms with van der Waals surface area (Å²) in [5.74, 6) is -0.807. The van der Waals surface area contributed by atoms with Crippen LogP contribution in [0.3, 0.4) is 0 Å². The Morgan fingerprint density at radius 1 is 1.11 bits per heavy atom. The summed E-state index contributed by atoms with van der Waals surface area (Å²) < 4.78 is 66.9. The Labute approximate surface area is 149 Å². The van der Waals surface area contributed by atoms with Crippen molar-refractivity contribution in [3.8, 4) is 11.8 Å². The molecular formula is C16H10F5N5O. The molecule has 0 atom stereocenters. The molecule has 2 aromatic carbocycles. The number of hydrazone groups is 1. The minimum absolute atomic E-state index is 0.0331. The van der Waals surface area contributed by atoms with Crippen LogP contribution in [0.25, 0.3) is 0 Å². The van der Waals surface area contributed by atoms with Crippen molar-refractivity contribution in [1.82, 2.24) is 0 Å². The minimum atomic E-state index is -4.53. The number of halogens is 5. The Morgan fingerprint density at radius 2 is 1.85 bits per heavy atom. The van der Waals surface area contributed by atoms with Crippen LogP contribution in [0.5, 0.6) is 5.75 Å². The van der Waals surface area contributed by atoms with Gasteiger partial charge in [0.2, 0.25) is 0 Å². The third-order valence-corrected chi connectivity index (χ3v) is 2.91. The molecule has 27 heavy (non-hydrogen) atoms. The van der Waals surface area contributed by atoms with Crippen LogP contribution in [0.15, 0.2) is 63.9 Å². The number of alkyl halides is 5. The van der Waals surface area contributed by atoms with E-state index in [-0.39, 0.29) is 17.1 Å². The van der Waals surface area contributed by atoms with E-state index in [0.29, 0.717) is 0 Å². The Kier molecular flexibility index (Phi) is 6.37. The molecule has 0 bridgehead atoms. The minimum Gasteiger partial charge on any atom is -0.432 e. The quantitative estimate of drug-likeness (QED) is 0.249. The van der Waals surface area contributed by atoms with Gasteiger partial charge in [-0.3, -0.25) is 5.43 Å². The van der Waals surface area contributed by atoms with Gasteiger partial charge in [-0.15, -0.1) is 15.3 Å². The number of nitriles is 1. The predicted molar refractivity (Wildman–Crippen MR) is 85.7 cm³/mol. The lowest BCUT2D eigenvalue weighted by Gasteiger charge is -2.08. The first-order valence-electron chi connectivity index (χ1n) is 7.16. The fraction of sp³-hybridized carbons (Fsp3) is 0.125. The molecule has 0 spiro atoms. The Morgan fingerprint density at radius 3 is 2.52 bits per heavy atom. The van der Waals surface area contributed by atoms with Crippen LogP contribution in [0.4, 0.5) is 33.3 Å². The number of para-hydroxylation sites is 1. The van der Waals surface area contributed by atoms with E-state index in [9.17, 15) is 22.0 Å². The molecule has 11 heteroatoms. The van der Waals surface area contributed by atoms with Crippen molar-refractivity contribution < 1.29 is 26.7 Å². The number of rotatable bonds is 5. The van der Waals surface area contributed by atoms with E-state index < -0.39 is 24.2 Å². The fourth-order valence-electron chi connectivity index (χ4n) is 1.79. The molecule has 0 saturated heterocycles. The van der Waals surface area contributed by atoms with E-state index >= 15 is 0 Å². The summed E-state index contributed by atoms with van der Waals surface area (Å²) in [7, 11) is 0. The van der Waals surface area contributed by atoms with Crippen molar-refractivity contribution in [3.63, 3.8) is 0 Å². The first-order chi connectivity index (χ1) is 12.8. The molecule has 6 nitrogen and oxygen atoms in total. The number of hydrogen-bond donors (Lipinski definition) is 1. The van der Waals surface area contributed by atoms with Gasteiger partial charge >= 0.3 is 12.8 Å². The van der Waals surface area contributed by atoms with Crippen molar-refractivity contribution in [2.24, 2.45) is 15.3 Å². The first-order valence-corrected chi connectivity index (χ1v) is 7.16. The van der Waals surface area contributed by atoms with Gasteiger partial charge in [-0.2, -0.15) is 27.2 Å². The zero-order chi connectivity index (χ0) is 19.9. The lowest BCUT2D eigenvalue weighted by Crippen LogP contribution is -2.05. The molecule has 140 valence electrons. The Bertz CT molecular complexity index is 889. The number of benzene rings is 2. The summed E-state index contributed by atoms with van der Waals surface area (Å²) >= 11 is 0. The first kappa shape index (κ1) is 19.8. The van der Waals surface area contributed by atoms with E-state index in [0.717, 1.165) is 18.2 Å². The highest BCUT2D eigenvalue weighted by molar-refractivity contribution is 5.97. The average molecular weight is 383 g/mol. The van der Waals surface area contributed by atoms with E-state index in [1.165, 1.54) is 30.3 Å². The molecule has 0 aliphatic carbocycles. The SMILES string of the molecule is N#C/C(N=Nc1ccccc1OC(F)F)=N/Nc1cccc(C(F)(F)F)c1. The zero-order valence-electron chi connectivity index (χ0n) is 13.3. The van der Waals surface area contributed by atoms with E-state index in [4.69, 9.17) is 5.26 Å². The van der Waals surface area contributed by atoms with Crippen LogP contribution in [0.2, 0.25) is 0 Å². The van der Waals surface area contributed by atoms with Crippen molar-refractivity contribution >= 4 is 17.2 Å². The van der Waals surface area contributed by atoms with Gasteiger partial charge in [0.1, 0.15) is 11.8 Å². The van der Waals surface area contributed by atoms with Crippen LogP contribution in [-0.4, -0.2) is 12.4 Å². The van der Waals surface area contributed by atoms with Gasteiger partial charge in [0.05, 0.1) is 11.3 Å². The normalized spacial score (nSPS) is 12.3. The van der Waals surface area contributed by atoms with Crippen molar-refractivity contribution in [2.45, 2.75) is 12.8 Å². The van der Waals surface area contributed by atoms with E-state index in [2.05, 4.69) is 25.5 Å². The van der Waals surface area contributed by atoms with Crippen LogP contribution in [0.1, 0.15) is 5.56 Å². The molecule has 2 rings (SSSR count). The summed E-state index contributed by atoms with van der Waals surface area (Å²) in [6.45, 7) is -3.08. The molecular weight excluding hydrogens is 373 g/mol. The van der Waals surface area contributed by atoms with Crippen LogP contribution >= 0.6 is 0 Å². The number of nitrogens with one attached hydrogen (secondary N) is 1. The molecule has 0 amide bonds. The summed E-state index contributed by atoms with van der Waals surface area (Å²) in [5, 5.41) is 19.6. The number of azo groups is 1. The molecule has 1 N–H and O–H groups in total. The maximum Gasteiger partial charge on any atom is 0.416 e. The summed E-state index contributed by atoms with van der Waals surface area (Å²) in [4.78, 5) is 0. The topological polar surface area (TPSA) is 82.1 Å². The largest absolute Gasteiger partial charge is 0.432 e. The number of amidine groups is 1. The highest BCUT2D eigenvalue weighted by Crippen LogP contribution is 2.31. The second kappa shape index (κ2) is 8.70. The molecule has 0 aromatic heterocycles. The van der Waals surface area contributed by atoms with Crippen molar-refractivity contribution in [2.75, 3.05) is 5.43 Å². The maximum atomic E-state index is 12.7. The second-order valence-electron chi connectivity index (χ2n) is 4.78. The van der Waals surface area contributed by atoms with Gasteiger partial charge in [-0.1, -0.05) is 18.2 Å². The van der Waals surface area contributed by atoms with Crippen molar-refractivity contribution in [3.05, 3.63) is 54.1 Å². The number of hydrogen-bond acceptors (Lipinski definition) is 5. The Hall–Kier alpha value is -3.55. The van der Waals surface area contributed by atoms with Crippen LogP contribution in [0, 0.1) is 11.3 Å². The smallest absolute Gasteiger partial charge is 0.416 e. The summed E-state index contributed by atoms with van der Waals surface area (Å²) in [6, 6.07) is 11.2. The van der Waals surface area contributed by atoms with Crippen molar-refractivity contribution in [1.29, 1.82) is 5.26 Å². The van der Waals surface area contributed by atoms with Crippen LogP contribution in [-0.2, 0) is 6.18 Å². The number of anilines is 1. The molecule has 2 aromatic rings. The summed E-state index contributed by atoms with van der Waals surface area (Å²) in [6.07, 6.45) is -4.53. The third-order valence-electron chi connectivity index (χ3n) is 2.91. The third kappa shape index (κ3) is 6.03. The van der Waals surface area contributed by atoms with Gasteiger partial charge in [0.15, 0.2) is 5.75 Å². The van der Waals surface area contributed by atoms with Gasteiger partial charge in [0.25, 0.3) is 5.84 Å². The zero-order valence-corrected chi connectivity index (χ0v) is 13.3. The molecule has 0 fully saturated rings. The standard InChI is InChI=1S/C16H10F5N5O/c17-15(18)27-13-7-2-1-6-12(13)24-26-14(9-22)25-23-11-5-3-4-10(8-11)16(19,20)21/h1-8,15,23H/b25-14-,26-24?. The monoisotopic (exact) mass is 383 g/mol. The molecule has 0 aliphatic heterocycles. The molecule has 0 heterocycles. The van der Waals surface area contributed by atoms with Gasteiger partial charge in [-0.25, -0.2) is 0 Å². The lowest BCUT2D eigenvalue weighted by molar-refractivity contribution is -0.137. The van der Waals surface area contributed by atoms with Gasteiger partial charge in [0, 0.05) is 0 Å². The van der Waals surface area contributed by atoms with Crippen LogP contribution < -0.4 is 10.2 Å².